The van der Waals surface area contributed by atoms with Gasteiger partial charge in [-0.25, -0.2) is 9.79 Å². The first kappa shape index (κ1) is 22.8. The lowest BCUT2D eigenvalue weighted by Gasteiger charge is -2.25. The highest BCUT2D eigenvalue weighted by Gasteiger charge is 2.34. The second kappa shape index (κ2) is 9.24. The molecule has 2 heterocycles. The molecule has 0 fully saturated rings. The molecule has 32 heavy (non-hydrogen) atoms. The highest BCUT2D eigenvalue weighted by atomic mass is 35.5. The van der Waals surface area contributed by atoms with Crippen molar-refractivity contribution in [3.05, 3.63) is 99.6 Å². The number of allylic oxidation sites excluding steroid dienone is 1. The summed E-state index contributed by atoms with van der Waals surface area (Å²) in [5.74, 6) is -0.536. The van der Waals surface area contributed by atoms with E-state index >= 15 is 0 Å². The van der Waals surface area contributed by atoms with Gasteiger partial charge < -0.3 is 4.74 Å². The van der Waals surface area contributed by atoms with Crippen LogP contribution in [0.1, 0.15) is 31.0 Å². The molecule has 5 nitrogen and oxygen atoms in total. The Morgan fingerprint density at radius 3 is 2.59 bits per heavy atom. The molecule has 2 aromatic carbocycles. The number of fused-ring (bicyclic) bond motifs is 1. The number of esters is 1. The minimum Gasteiger partial charge on any atom is -0.463 e. The van der Waals surface area contributed by atoms with Crippen molar-refractivity contribution in [3.63, 3.8) is 0 Å². The molecular weight excluding hydrogens is 491 g/mol. The van der Waals surface area contributed by atoms with Gasteiger partial charge in [-0.3, -0.25) is 9.36 Å². The summed E-state index contributed by atoms with van der Waals surface area (Å²) in [7, 11) is 0. The van der Waals surface area contributed by atoms with Crippen molar-refractivity contribution < 1.29 is 9.53 Å². The fraction of sp³-hybridized carbons (Fsp3) is 0.174. The molecule has 0 unspecified atom stereocenters. The van der Waals surface area contributed by atoms with E-state index < -0.39 is 12.0 Å². The van der Waals surface area contributed by atoms with Crippen LogP contribution in [0.15, 0.2) is 63.5 Å². The molecule has 0 amide bonds. The van der Waals surface area contributed by atoms with Gasteiger partial charge in [0.25, 0.3) is 5.56 Å². The van der Waals surface area contributed by atoms with Crippen molar-refractivity contribution in [1.29, 1.82) is 0 Å². The lowest BCUT2D eigenvalue weighted by Crippen LogP contribution is -2.40. The van der Waals surface area contributed by atoms with E-state index in [1.54, 1.807) is 62.4 Å². The predicted octanol–water partition coefficient (Wildman–Crippen LogP) is 4.76. The van der Waals surface area contributed by atoms with Gasteiger partial charge in [0, 0.05) is 5.02 Å². The lowest BCUT2D eigenvalue weighted by atomic mass is 9.96. The molecular formula is C23H17Cl3N2O3S. The average Bonchev–Trinajstić information content (AvgIpc) is 3.06. The molecule has 1 aromatic heterocycles. The van der Waals surface area contributed by atoms with E-state index in [0.717, 1.165) is 0 Å². The third-order valence-corrected chi connectivity index (χ3v) is 7.15. The third-order valence-electron chi connectivity index (χ3n) is 4.98. The number of nitrogens with zero attached hydrogens (tertiary/aromatic N) is 2. The molecule has 164 valence electrons. The number of hydrogen-bond acceptors (Lipinski definition) is 5. The van der Waals surface area contributed by atoms with E-state index in [-0.39, 0.29) is 17.7 Å². The minimum atomic E-state index is -0.768. The molecule has 1 atom stereocenters. The normalized spacial score (nSPS) is 16.0. The maximum absolute atomic E-state index is 13.5. The number of carbonyl (C=O) groups is 1. The fourth-order valence-electron chi connectivity index (χ4n) is 3.56. The summed E-state index contributed by atoms with van der Waals surface area (Å²) in [5, 5.41) is 1.18. The van der Waals surface area contributed by atoms with Crippen molar-refractivity contribution in [1.82, 2.24) is 4.57 Å². The molecule has 0 radical (unpaired) electrons. The molecule has 9 heteroatoms. The summed E-state index contributed by atoms with van der Waals surface area (Å²) in [6.07, 6.45) is 1.67. The van der Waals surface area contributed by atoms with Crippen LogP contribution in [0.25, 0.3) is 6.08 Å². The maximum atomic E-state index is 13.5. The van der Waals surface area contributed by atoms with Crippen molar-refractivity contribution in [2.45, 2.75) is 19.9 Å². The summed E-state index contributed by atoms with van der Waals surface area (Å²) < 4.78 is 7.16. The molecule has 3 aromatic rings. The van der Waals surface area contributed by atoms with Gasteiger partial charge in [0.2, 0.25) is 0 Å². The Morgan fingerprint density at radius 2 is 1.88 bits per heavy atom. The zero-order valence-electron chi connectivity index (χ0n) is 17.1. The van der Waals surface area contributed by atoms with Crippen LogP contribution in [0.2, 0.25) is 15.1 Å². The SMILES string of the molecule is CCOC(=O)C1=C(C)N=c2s/c(=C\c3cccc(Cl)c3Cl)c(=O)n2[C@@H]1c1ccccc1Cl. The smallest absolute Gasteiger partial charge is 0.338 e. The number of thiazole rings is 1. The van der Waals surface area contributed by atoms with Crippen molar-refractivity contribution in [2.24, 2.45) is 4.99 Å². The first-order valence-corrected chi connectivity index (χ1v) is 11.7. The molecule has 0 bridgehead atoms. The molecule has 0 spiro atoms. The topological polar surface area (TPSA) is 60.7 Å². The van der Waals surface area contributed by atoms with Gasteiger partial charge in [0.1, 0.15) is 6.04 Å². The highest BCUT2D eigenvalue weighted by molar-refractivity contribution is 7.07. The standard InChI is InChI=1S/C23H17Cl3N2O3S/c1-3-31-22(30)18-12(2)27-23-28(20(18)14-8-4-5-9-15(14)24)21(29)17(32-23)11-13-7-6-10-16(25)19(13)26/h4-11,20H,3H2,1-2H3/b17-11-/t20-/m1/s1. The van der Waals surface area contributed by atoms with Crippen LogP contribution in [0.3, 0.4) is 0 Å². The number of hydrogen-bond donors (Lipinski definition) is 0. The molecule has 4 rings (SSSR count). The van der Waals surface area contributed by atoms with Crippen LogP contribution in [0, 0.1) is 0 Å². The Balaban J connectivity index is 2.00. The number of carbonyl (C=O) groups excluding carboxylic acids is 1. The van der Waals surface area contributed by atoms with Gasteiger partial charge in [-0.15, -0.1) is 0 Å². The van der Waals surface area contributed by atoms with Gasteiger partial charge in [-0.05, 0) is 43.2 Å². The molecule has 0 saturated heterocycles. The van der Waals surface area contributed by atoms with Crippen LogP contribution in [-0.4, -0.2) is 17.1 Å². The Morgan fingerprint density at radius 1 is 1.16 bits per heavy atom. The summed E-state index contributed by atoms with van der Waals surface area (Å²) in [6.45, 7) is 3.64. The summed E-state index contributed by atoms with van der Waals surface area (Å²) in [5.41, 5.74) is 1.66. The predicted molar refractivity (Wildman–Crippen MR) is 128 cm³/mol. The molecule has 0 saturated carbocycles. The Hall–Kier alpha value is -2.38. The Bertz CT molecular complexity index is 1440. The van der Waals surface area contributed by atoms with E-state index in [9.17, 15) is 9.59 Å². The minimum absolute atomic E-state index is 0.197. The number of ether oxygens (including phenoxy) is 1. The first-order valence-electron chi connectivity index (χ1n) is 9.71. The Kier molecular flexibility index (Phi) is 6.58. The summed E-state index contributed by atoms with van der Waals surface area (Å²) in [4.78, 5) is 31.4. The van der Waals surface area contributed by atoms with E-state index in [4.69, 9.17) is 39.5 Å². The van der Waals surface area contributed by atoms with Gasteiger partial charge in [-0.2, -0.15) is 0 Å². The van der Waals surface area contributed by atoms with Gasteiger partial charge in [0.15, 0.2) is 4.80 Å². The number of benzene rings is 2. The Labute approximate surface area is 202 Å². The second-order valence-corrected chi connectivity index (χ2v) is 9.17. The monoisotopic (exact) mass is 506 g/mol. The van der Waals surface area contributed by atoms with Gasteiger partial charge >= 0.3 is 5.97 Å². The fourth-order valence-corrected chi connectivity index (χ4v) is 5.19. The zero-order valence-corrected chi connectivity index (χ0v) is 20.1. The van der Waals surface area contributed by atoms with Crippen molar-refractivity contribution in [2.75, 3.05) is 6.61 Å². The summed E-state index contributed by atoms with van der Waals surface area (Å²) in [6, 6.07) is 11.5. The number of rotatable bonds is 4. The van der Waals surface area contributed by atoms with Crippen molar-refractivity contribution in [3.8, 4) is 0 Å². The summed E-state index contributed by atoms with van der Waals surface area (Å²) >= 11 is 20.1. The van der Waals surface area contributed by atoms with Gasteiger partial charge in [0.05, 0.1) is 32.5 Å². The zero-order chi connectivity index (χ0) is 23.0. The van der Waals surface area contributed by atoms with Crippen LogP contribution in [-0.2, 0) is 9.53 Å². The van der Waals surface area contributed by atoms with Crippen LogP contribution >= 0.6 is 46.1 Å². The third kappa shape index (κ3) is 4.04. The second-order valence-electron chi connectivity index (χ2n) is 6.97. The largest absolute Gasteiger partial charge is 0.463 e. The highest BCUT2D eigenvalue weighted by Crippen LogP contribution is 2.34. The first-order chi connectivity index (χ1) is 15.3. The van der Waals surface area contributed by atoms with Crippen LogP contribution in [0.4, 0.5) is 0 Å². The maximum Gasteiger partial charge on any atom is 0.338 e. The van der Waals surface area contributed by atoms with Crippen LogP contribution < -0.4 is 14.9 Å². The van der Waals surface area contributed by atoms with E-state index in [1.807, 2.05) is 0 Å². The van der Waals surface area contributed by atoms with Crippen LogP contribution in [0.5, 0.6) is 0 Å². The van der Waals surface area contributed by atoms with E-state index in [2.05, 4.69) is 4.99 Å². The van der Waals surface area contributed by atoms with Gasteiger partial charge in [-0.1, -0.05) is 76.5 Å². The average molecular weight is 508 g/mol. The lowest BCUT2D eigenvalue weighted by molar-refractivity contribution is -0.139. The van der Waals surface area contributed by atoms with Crippen molar-refractivity contribution >= 4 is 58.2 Å². The molecule has 1 aliphatic heterocycles. The van der Waals surface area contributed by atoms with E-state index in [1.165, 1.54) is 15.9 Å². The number of halogens is 3. The molecule has 1 aliphatic rings. The molecule has 0 N–H and O–H groups in total. The quantitative estimate of drug-likeness (QED) is 0.479. The molecule has 0 aliphatic carbocycles. The van der Waals surface area contributed by atoms with E-state index in [0.29, 0.717) is 41.2 Å². The number of aromatic nitrogens is 1.